The van der Waals surface area contributed by atoms with Crippen LogP contribution in [0.25, 0.3) is 0 Å². The molecule has 1 unspecified atom stereocenters. The van der Waals surface area contributed by atoms with Crippen LogP contribution in [0.3, 0.4) is 0 Å². The Hall–Kier alpha value is -2.30. The van der Waals surface area contributed by atoms with E-state index in [1.807, 2.05) is 26.0 Å². The summed E-state index contributed by atoms with van der Waals surface area (Å²) in [5, 5.41) is 5.31. The van der Waals surface area contributed by atoms with Crippen LogP contribution in [0.15, 0.2) is 34.7 Å². The van der Waals surface area contributed by atoms with Gasteiger partial charge < -0.3 is 15.1 Å². The van der Waals surface area contributed by atoms with Gasteiger partial charge in [-0.15, -0.1) is 0 Å². The molecule has 2 rings (SSSR count). The molecule has 2 amide bonds. The third kappa shape index (κ3) is 3.38. The molecule has 1 aromatic carbocycles. The van der Waals surface area contributed by atoms with Crippen LogP contribution in [0.5, 0.6) is 0 Å². The maximum absolute atomic E-state index is 13.4. The fourth-order valence-electron chi connectivity index (χ4n) is 1.79. The van der Waals surface area contributed by atoms with Crippen molar-refractivity contribution in [3.8, 4) is 0 Å². The first-order valence-electron chi connectivity index (χ1n) is 6.35. The number of hydrogen-bond acceptors (Lipinski definition) is 2. The number of urea groups is 1. The molecule has 0 saturated heterocycles. The average Bonchev–Trinajstić information content (AvgIpc) is 2.80. The maximum Gasteiger partial charge on any atom is 0.319 e. The van der Waals surface area contributed by atoms with Crippen molar-refractivity contribution >= 4 is 11.7 Å². The molecule has 0 saturated carbocycles. The van der Waals surface area contributed by atoms with Gasteiger partial charge in [-0.05, 0) is 50.6 Å². The fraction of sp³-hybridized carbons (Fsp3) is 0.267. The molecular weight excluding hydrogens is 259 g/mol. The lowest BCUT2D eigenvalue weighted by atomic mass is 10.2. The van der Waals surface area contributed by atoms with E-state index in [1.165, 1.54) is 6.07 Å². The summed E-state index contributed by atoms with van der Waals surface area (Å²) in [5.74, 6) is 1.11. The van der Waals surface area contributed by atoms with Crippen molar-refractivity contribution in [1.29, 1.82) is 0 Å². The number of hydrogen-bond donors (Lipinski definition) is 2. The molecule has 1 heterocycles. The van der Waals surface area contributed by atoms with Crippen molar-refractivity contribution in [1.82, 2.24) is 5.32 Å². The van der Waals surface area contributed by atoms with Gasteiger partial charge >= 0.3 is 6.03 Å². The largest absolute Gasteiger partial charge is 0.464 e. The van der Waals surface area contributed by atoms with E-state index >= 15 is 0 Å². The smallest absolute Gasteiger partial charge is 0.319 e. The summed E-state index contributed by atoms with van der Waals surface area (Å²) in [4.78, 5) is 11.8. The highest BCUT2D eigenvalue weighted by Gasteiger charge is 2.13. The molecule has 2 N–H and O–H groups in total. The molecule has 0 radical (unpaired) electrons. The second-order valence-electron chi connectivity index (χ2n) is 4.73. The molecule has 106 valence electrons. The van der Waals surface area contributed by atoms with Crippen LogP contribution >= 0.6 is 0 Å². The van der Waals surface area contributed by atoms with Crippen LogP contribution in [0.2, 0.25) is 0 Å². The minimum absolute atomic E-state index is 0.265. The monoisotopic (exact) mass is 276 g/mol. The van der Waals surface area contributed by atoms with Crippen LogP contribution < -0.4 is 10.6 Å². The molecule has 20 heavy (non-hydrogen) atoms. The van der Waals surface area contributed by atoms with E-state index in [4.69, 9.17) is 4.42 Å². The normalized spacial score (nSPS) is 12.0. The molecular formula is C15H17FN2O2. The van der Waals surface area contributed by atoms with Gasteiger partial charge in [-0.25, -0.2) is 9.18 Å². The Bertz CT molecular complexity index is 622. The van der Waals surface area contributed by atoms with Crippen LogP contribution in [0.1, 0.15) is 30.0 Å². The van der Waals surface area contributed by atoms with Gasteiger partial charge in [0.05, 0.1) is 6.04 Å². The van der Waals surface area contributed by atoms with E-state index in [1.54, 1.807) is 19.1 Å². The lowest BCUT2D eigenvalue weighted by Gasteiger charge is -2.13. The summed E-state index contributed by atoms with van der Waals surface area (Å²) in [7, 11) is 0. The summed E-state index contributed by atoms with van der Waals surface area (Å²) in [5.41, 5.74) is 0.948. The van der Waals surface area contributed by atoms with Crippen LogP contribution in [-0.4, -0.2) is 6.03 Å². The number of nitrogens with one attached hydrogen (secondary N) is 2. The number of anilines is 1. The van der Waals surface area contributed by atoms with Gasteiger partial charge in [-0.1, -0.05) is 6.07 Å². The molecule has 0 aliphatic rings. The zero-order chi connectivity index (χ0) is 14.7. The van der Waals surface area contributed by atoms with Crippen LogP contribution in [0.4, 0.5) is 14.9 Å². The Balaban J connectivity index is 1.96. The van der Waals surface area contributed by atoms with E-state index in [0.29, 0.717) is 17.0 Å². The predicted octanol–water partition coefficient (Wildman–Crippen LogP) is 3.92. The van der Waals surface area contributed by atoms with Gasteiger partial charge in [0.1, 0.15) is 17.3 Å². The van der Waals surface area contributed by atoms with E-state index in [9.17, 15) is 9.18 Å². The number of aryl methyl sites for hydroxylation is 2. The van der Waals surface area contributed by atoms with Crippen molar-refractivity contribution in [2.24, 2.45) is 0 Å². The number of halogens is 1. The van der Waals surface area contributed by atoms with Crippen molar-refractivity contribution in [3.05, 3.63) is 53.2 Å². The van der Waals surface area contributed by atoms with Gasteiger partial charge in [-0.3, -0.25) is 0 Å². The molecule has 0 spiro atoms. The Morgan fingerprint density at radius 1 is 1.25 bits per heavy atom. The lowest BCUT2D eigenvalue weighted by molar-refractivity contribution is 0.247. The first kappa shape index (κ1) is 14.1. The van der Waals surface area contributed by atoms with Gasteiger partial charge in [0.2, 0.25) is 0 Å². The van der Waals surface area contributed by atoms with Crippen molar-refractivity contribution in [2.45, 2.75) is 26.8 Å². The van der Waals surface area contributed by atoms with E-state index in [2.05, 4.69) is 10.6 Å². The third-order valence-electron chi connectivity index (χ3n) is 2.97. The second kappa shape index (κ2) is 5.77. The minimum Gasteiger partial charge on any atom is -0.464 e. The fourth-order valence-corrected chi connectivity index (χ4v) is 1.79. The number of rotatable bonds is 3. The van der Waals surface area contributed by atoms with Crippen LogP contribution in [0, 0.1) is 19.7 Å². The highest BCUT2D eigenvalue weighted by Crippen LogP contribution is 2.17. The van der Waals surface area contributed by atoms with E-state index in [0.717, 1.165) is 5.76 Å². The Morgan fingerprint density at radius 3 is 2.60 bits per heavy atom. The standard InChI is InChI=1S/C15H17FN2O2/c1-9-4-6-12(8-13(9)16)18-15(19)17-11(3)14-7-5-10(2)20-14/h4-8,11H,1-3H3,(H2,17,18,19). The van der Waals surface area contributed by atoms with E-state index < -0.39 is 6.03 Å². The third-order valence-corrected chi connectivity index (χ3v) is 2.97. The number of carbonyl (C=O) groups is 1. The topological polar surface area (TPSA) is 54.3 Å². The summed E-state index contributed by atoms with van der Waals surface area (Å²) in [6.07, 6.45) is 0. The van der Waals surface area contributed by atoms with Crippen molar-refractivity contribution in [3.63, 3.8) is 0 Å². The Labute approximate surface area is 117 Å². The Morgan fingerprint density at radius 2 is 2.00 bits per heavy atom. The molecule has 4 nitrogen and oxygen atoms in total. The summed E-state index contributed by atoms with van der Waals surface area (Å²) in [6.45, 7) is 5.32. The van der Waals surface area contributed by atoms with Gasteiger partial charge in [-0.2, -0.15) is 0 Å². The molecule has 0 aliphatic heterocycles. The number of benzene rings is 1. The molecule has 0 fully saturated rings. The van der Waals surface area contributed by atoms with Gasteiger partial charge in [0, 0.05) is 5.69 Å². The SMILES string of the molecule is Cc1ccc(C(C)NC(=O)Nc2ccc(C)c(F)c2)o1. The average molecular weight is 276 g/mol. The van der Waals surface area contributed by atoms with E-state index in [-0.39, 0.29) is 11.9 Å². The highest BCUT2D eigenvalue weighted by atomic mass is 19.1. The number of amides is 2. The Kier molecular flexibility index (Phi) is 4.08. The second-order valence-corrected chi connectivity index (χ2v) is 4.73. The predicted molar refractivity (Wildman–Crippen MR) is 75.2 cm³/mol. The number of carbonyl (C=O) groups excluding carboxylic acids is 1. The van der Waals surface area contributed by atoms with Crippen molar-refractivity contribution < 1.29 is 13.6 Å². The van der Waals surface area contributed by atoms with Gasteiger partial charge in [0.25, 0.3) is 0 Å². The van der Waals surface area contributed by atoms with Crippen molar-refractivity contribution in [2.75, 3.05) is 5.32 Å². The lowest BCUT2D eigenvalue weighted by Crippen LogP contribution is -2.31. The van der Waals surface area contributed by atoms with Gasteiger partial charge in [0.15, 0.2) is 0 Å². The maximum atomic E-state index is 13.4. The zero-order valence-corrected chi connectivity index (χ0v) is 11.7. The van der Waals surface area contributed by atoms with Crippen LogP contribution in [-0.2, 0) is 0 Å². The molecule has 5 heteroatoms. The summed E-state index contributed by atoms with van der Waals surface area (Å²) < 4.78 is 18.8. The number of furan rings is 1. The highest BCUT2D eigenvalue weighted by molar-refractivity contribution is 5.89. The summed E-state index contributed by atoms with van der Waals surface area (Å²) >= 11 is 0. The zero-order valence-electron chi connectivity index (χ0n) is 11.7. The minimum atomic E-state index is -0.408. The molecule has 1 atom stereocenters. The first-order chi connectivity index (χ1) is 9.45. The molecule has 0 aliphatic carbocycles. The summed E-state index contributed by atoms with van der Waals surface area (Å²) in [6, 6.07) is 7.53. The molecule has 2 aromatic rings. The molecule has 0 bridgehead atoms. The quantitative estimate of drug-likeness (QED) is 0.892. The first-order valence-corrected chi connectivity index (χ1v) is 6.35. The molecule has 1 aromatic heterocycles.